The van der Waals surface area contributed by atoms with Crippen LogP contribution in [0.3, 0.4) is 0 Å². The molecular formula is C17H31N3O2. The Kier molecular flexibility index (Phi) is 5.15. The third kappa shape index (κ3) is 3.14. The maximum atomic E-state index is 12.8. The molecule has 1 spiro atoms. The molecule has 0 saturated carbocycles. The first-order valence-corrected chi connectivity index (χ1v) is 8.69. The minimum absolute atomic E-state index is 0.0733. The minimum atomic E-state index is -0.255. The van der Waals surface area contributed by atoms with E-state index >= 15 is 0 Å². The molecule has 2 saturated heterocycles. The number of carbonyl (C=O) groups excluding carboxylic acids is 2. The lowest BCUT2D eigenvalue weighted by molar-refractivity contribution is -0.138. The van der Waals surface area contributed by atoms with Crippen molar-refractivity contribution in [3.8, 4) is 0 Å². The standard InChI is InChI=1S/C17H31N3O2/c1-6-15(21)19-9-7-17(8-10-19)18-14(11-12(2)3)16(22)20(17)13(4)5/h12-14,18H,6-11H2,1-5H3/t14-/m0/s1. The maximum absolute atomic E-state index is 12.8. The molecule has 5 heteroatoms. The molecule has 0 aromatic heterocycles. The summed E-state index contributed by atoms with van der Waals surface area (Å²) in [6.07, 6.45) is 3.10. The van der Waals surface area contributed by atoms with Crippen LogP contribution in [-0.2, 0) is 9.59 Å². The molecule has 0 bridgehead atoms. The number of carbonyl (C=O) groups is 2. The Bertz CT molecular complexity index is 426. The van der Waals surface area contributed by atoms with Crippen molar-refractivity contribution in [3.05, 3.63) is 0 Å². The second kappa shape index (κ2) is 6.57. The van der Waals surface area contributed by atoms with Gasteiger partial charge in [0.05, 0.1) is 11.7 Å². The zero-order valence-electron chi connectivity index (χ0n) is 14.7. The van der Waals surface area contributed by atoms with Gasteiger partial charge in [-0.2, -0.15) is 0 Å². The third-order valence-electron chi connectivity index (χ3n) is 4.91. The monoisotopic (exact) mass is 309 g/mol. The Morgan fingerprint density at radius 1 is 1.27 bits per heavy atom. The highest BCUT2D eigenvalue weighted by Gasteiger charge is 2.52. The number of hydrogen-bond donors (Lipinski definition) is 1. The largest absolute Gasteiger partial charge is 0.342 e. The van der Waals surface area contributed by atoms with E-state index in [0.29, 0.717) is 12.3 Å². The SMILES string of the molecule is CCC(=O)N1CCC2(CC1)N[C@@H](CC(C)C)C(=O)N2C(C)C. The molecule has 0 radical (unpaired) electrons. The number of amides is 2. The van der Waals surface area contributed by atoms with Crippen LogP contribution in [0.5, 0.6) is 0 Å². The molecule has 0 aromatic rings. The zero-order chi connectivity index (χ0) is 16.5. The Morgan fingerprint density at radius 2 is 1.86 bits per heavy atom. The zero-order valence-corrected chi connectivity index (χ0v) is 14.7. The van der Waals surface area contributed by atoms with Crippen LogP contribution in [0.2, 0.25) is 0 Å². The molecule has 22 heavy (non-hydrogen) atoms. The van der Waals surface area contributed by atoms with Crippen LogP contribution in [0.4, 0.5) is 0 Å². The van der Waals surface area contributed by atoms with Gasteiger partial charge in [-0.3, -0.25) is 14.9 Å². The smallest absolute Gasteiger partial charge is 0.241 e. The summed E-state index contributed by atoms with van der Waals surface area (Å²) in [5.41, 5.74) is -0.255. The van der Waals surface area contributed by atoms with Crippen LogP contribution in [0, 0.1) is 5.92 Å². The highest BCUT2D eigenvalue weighted by atomic mass is 16.2. The van der Waals surface area contributed by atoms with Crippen molar-refractivity contribution >= 4 is 11.8 Å². The Labute approximate surface area is 134 Å². The fourth-order valence-corrected chi connectivity index (χ4v) is 3.95. The van der Waals surface area contributed by atoms with Crippen molar-refractivity contribution in [1.82, 2.24) is 15.1 Å². The van der Waals surface area contributed by atoms with Gasteiger partial charge < -0.3 is 9.80 Å². The predicted molar refractivity (Wildman–Crippen MR) is 87.2 cm³/mol. The van der Waals surface area contributed by atoms with Crippen LogP contribution in [-0.4, -0.2) is 52.5 Å². The molecule has 0 unspecified atom stereocenters. The van der Waals surface area contributed by atoms with Gasteiger partial charge >= 0.3 is 0 Å². The lowest BCUT2D eigenvalue weighted by atomic mass is 9.94. The second-order valence-electron chi connectivity index (χ2n) is 7.39. The van der Waals surface area contributed by atoms with Gasteiger partial charge in [0.2, 0.25) is 11.8 Å². The highest BCUT2D eigenvalue weighted by Crippen LogP contribution is 2.35. The fraction of sp³-hybridized carbons (Fsp3) is 0.882. The molecular weight excluding hydrogens is 278 g/mol. The molecule has 2 aliphatic heterocycles. The van der Waals surface area contributed by atoms with E-state index in [1.165, 1.54) is 0 Å². The Hall–Kier alpha value is -1.10. The van der Waals surface area contributed by atoms with Crippen LogP contribution < -0.4 is 5.32 Å². The van der Waals surface area contributed by atoms with Gasteiger partial charge in [-0.15, -0.1) is 0 Å². The Balaban J connectivity index is 2.14. The summed E-state index contributed by atoms with van der Waals surface area (Å²) < 4.78 is 0. The summed E-state index contributed by atoms with van der Waals surface area (Å²) in [5.74, 6) is 0.945. The molecule has 1 atom stereocenters. The summed E-state index contributed by atoms with van der Waals surface area (Å²) in [6.45, 7) is 11.9. The number of hydrogen-bond acceptors (Lipinski definition) is 3. The van der Waals surface area contributed by atoms with Gasteiger partial charge in [0.15, 0.2) is 0 Å². The molecule has 2 rings (SSSR count). The van der Waals surface area contributed by atoms with Crippen molar-refractivity contribution in [2.24, 2.45) is 5.92 Å². The number of rotatable bonds is 4. The van der Waals surface area contributed by atoms with E-state index < -0.39 is 0 Å². The van der Waals surface area contributed by atoms with Crippen molar-refractivity contribution in [3.63, 3.8) is 0 Å². The van der Waals surface area contributed by atoms with Gasteiger partial charge in [-0.05, 0) is 26.2 Å². The molecule has 2 fully saturated rings. The molecule has 0 aliphatic carbocycles. The van der Waals surface area contributed by atoms with Crippen molar-refractivity contribution in [1.29, 1.82) is 0 Å². The first-order chi connectivity index (χ1) is 10.3. The van der Waals surface area contributed by atoms with Crippen LogP contribution in [0.25, 0.3) is 0 Å². The fourth-order valence-electron chi connectivity index (χ4n) is 3.95. The van der Waals surface area contributed by atoms with E-state index in [2.05, 4.69) is 33.0 Å². The van der Waals surface area contributed by atoms with Crippen LogP contribution >= 0.6 is 0 Å². The van der Waals surface area contributed by atoms with Crippen LogP contribution in [0.1, 0.15) is 60.3 Å². The van der Waals surface area contributed by atoms with E-state index in [1.54, 1.807) is 0 Å². The lowest BCUT2D eigenvalue weighted by Gasteiger charge is -2.46. The molecule has 0 aromatic carbocycles. The quantitative estimate of drug-likeness (QED) is 0.864. The summed E-state index contributed by atoms with van der Waals surface area (Å²) in [7, 11) is 0. The van der Waals surface area contributed by atoms with Gasteiger partial charge in [0.1, 0.15) is 0 Å². The summed E-state index contributed by atoms with van der Waals surface area (Å²) in [4.78, 5) is 28.7. The molecule has 2 aliphatic rings. The van der Waals surface area contributed by atoms with Crippen molar-refractivity contribution < 1.29 is 9.59 Å². The maximum Gasteiger partial charge on any atom is 0.241 e. The average Bonchev–Trinajstić information content (AvgIpc) is 2.70. The number of nitrogens with one attached hydrogen (secondary N) is 1. The van der Waals surface area contributed by atoms with E-state index in [0.717, 1.165) is 32.4 Å². The first-order valence-electron chi connectivity index (χ1n) is 8.69. The van der Waals surface area contributed by atoms with E-state index in [1.807, 2.05) is 16.7 Å². The molecule has 2 heterocycles. The van der Waals surface area contributed by atoms with Gasteiger partial charge in [0, 0.05) is 38.4 Å². The summed E-state index contributed by atoms with van der Waals surface area (Å²) >= 11 is 0. The van der Waals surface area contributed by atoms with Gasteiger partial charge in [-0.25, -0.2) is 0 Å². The van der Waals surface area contributed by atoms with Crippen LogP contribution in [0.15, 0.2) is 0 Å². The molecule has 1 N–H and O–H groups in total. The third-order valence-corrected chi connectivity index (χ3v) is 4.91. The predicted octanol–water partition coefficient (Wildman–Crippen LogP) is 1.97. The molecule has 5 nitrogen and oxygen atoms in total. The lowest BCUT2D eigenvalue weighted by Crippen LogP contribution is -2.61. The average molecular weight is 309 g/mol. The molecule has 126 valence electrons. The Morgan fingerprint density at radius 3 is 2.32 bits per heavy atom. The van der Waals surface area contributed by atoms with Gasteiger partial charge in [-0.1, -0.05) is 20.8 Å². The normalized spacial score (nSPS) is 24.9. The number of piperidine rings is 1. The summed E-state index contributed by atoms with van der Waals surface area (Å²) in [6, 6.07) is 0.112. The van der Waals surface area contributed by atoms with Crippen molar-refractivity contribution in [2.45, 2.75) is 78.0 Å². The topological polar surface area (TPSA) is 52.7 Å². The van der Waals surface area contributed by atoms with E-state index in [-0.39, 0.29) is 29.6 Å². The van der Waals surface area contributed by atoms with E-state index in [4.69, 9.17) is 0 Å². The van der Waals surface area contributed by atoms with E-state index in [9.17, 15) is 9.59 Å². The summed E-state index contributed by atoms with van der Waals surface area (Å²) in [5, 5.41) is 3.63. The number of likely N-dealkylation sites (tertiary alicyclic amines) is 1. The second-order valence-corrected chi connectivity index (χ2v) is 7.39. The molecule has 2 amide bonds. The van der Waals surface area contributed by atoms with Gasteiger partial charge in [0.25, 0.3) is 0 Å². The van der Waals surface area contributed by atoms with Crippen molar-refractivity contribution in [2.75, 3.05) is 13.1 Å². The highest BCUT2D eigenvalue weighted by molar-refractivity contribution is 5.85. The minimum Gasteiger partial charge on any atom is -0.342 e. The first kappa shape index (κ1) is 17.3. The number of nitrogens with zero attached hydrogens (tertiary/aromatic N) is 2.